The van der Waals surface area contributed by atoms with Crippen molar-refractivity contribution < 1.29 is 9.72 Å². The molecule has 1 N–H and O–H groups in total. The Kier molecular flexibility index (Phi) is 3.71. The Morgan fingerprint density at radius 1 is 1.30 bits per heavy atom. The molecule has 3 rings (SSSR count). The highest BCUT2D eigenvalue weighted by Gasteiger charge is 2.15. The van der Waals surface area contributed by atoms with Crippen LogP contribution in [0.3, 0.4) is 0 Å². The highest BCUT2D eigenvalue weighted by atomic mass is 35.5. The van der Waals surface area contributed by atoms with Gasteiger partial charge in [-0.1, -0.05) is 17.7 Å². The van der Waals surface area contributed by atoms with Crippen molar-refractivity contribution in [1.29, 1.82) is 0 Å². The van der Waals surface area contributed by atoms with Gasteiger partial charge in [-0.05, 0) is 30.7 Å². The summed E-state index contributed by atoms with van der Waals surface area (Å²) in [6.07, 6.45) is 1.48. The molecule has 1 heterocycles. The molecule has 116 valence electrons. The van der Waals surface area contributed by atoms with Gasteiger partial charge in [0.1, 0.15) is 0 Å². The van der Waals surface area contributed by atoms with E-state index in [0.29, 0.717) is 21.6 Å². The summed E-state index contributed by atoms with van der Waals surface area (Å²) in [5.41, 5.74) is 1.64. The molecule has 8 heteroatoms. The zero-order chi connectivity index (χ0) is 16.6. The van der Waals surface area contributed by atoms with Crippen LogP contribution in [0.25, 0.3) is 10.9 Å². The fourth-order valence-electron chi connectivity index (χ4n) is 2.18. The van der Waals surface area contributed by atoms with Crippen molar-refractivity contribution in [2.24, 2.45) is 0 Å². The van der Waals surface area contributed by atoms with Crippen molar-refractivity contribution in [2.75, 3.05) is 5.32 Å². The van der Waals surface area contributed by atoms with Crippen LogP contribution in [-0.4, -0.2) is 20.7 Å². The molecule has 3 aromatic rings. The van der Waals surface area contributed by atoms with Gasteiger partial charge in [-0.2, -0.15) is 9.78 Å². The standard InChI is InChI=1S/C15H11ClN4O3/c1-9-2-4-11(16)6-13(9)18-15(21)19-14-7-12(20(22)23)5-3-10(14)8-17-19/h2-8H,1H3,(H,18,21). The summed E-state index contributed by atoms with van der Waals surface area (Å²) in [5.74, 6) is 0. The maximum absolute atomic E-state index is 12.4. The molecule has 7 nitrogen and oxygen atoms in total. The molecule has 0 aliphatic heterocycles. The van der Waals surface area contributed by atoms with Crippen molar-refractivity contribution in [3.05, 3.63) is 63.3 Å². The lowest BCUT2D eigenvalue weighted by atomic mass is 10.2. The molecule has 0 spiro atoms. The monoisotopic (exact) mass is 330 g/mol. The minimum absolute atomic E-state index is 0.106. The molecule has 23 heavy (non-hydrogen) atoms. The molecule has 0 saturated heterocycles. The highest BCUT2D eigenvalue weighted by molar-refractivity contribution is 6.31. The van der Waals surface area contributed by atoms with Crippen LogP contribution < -0.4 is 5.32 Å². The molecule has 0 saturated carbocycles. The van der Waals surface area contributed by atoms with E-state index in [1.807, 2.05) is 6.92 Å². The minimum atomic E-state index is -0.522. The van der Waals surface area contributed by atoms with Gasteiger partial charge in [0.15, 0.2) is 0 Å². The molecule has 0 bridgehead atoms. The first-order chi connectivity index (χ1) is 11.0. The van der Waals surface area contributed by atoms with E-state index >= 15 is 0 Å². The van der Waals surface area contributed by atoms with Crippen molar-refractivity contribution in [3.63, 3.8) is 0 Å². The SMILES string of the molecule is Cc1ccc(Cl)cc1NC(=O)n1ncc2ccc([N+](=O)[O-])cc21. The number of non-ortho nitro benzene ring substituents is 1. The predicted octanol–water partition coefficient (Wildman–Crippen LogP) is 3.99. The number of fused-ring (bicyclic) bond motifs is 1. The van der Waals surface area contributed by atoms with Crippen molar-refractivity contribution in [3.8, 4) is 0 Å². The molecule has 0 radical (unpaired) electrons. The Morgan fingerprint density at radius 3 is 2.83 bits per heavy atom. The third-order valence-corrected chi connectivity index (χ3v) is 3.63. The lowest BCUT2D eigenvalue weighted by Gasteiger charge is -2.09. The van der Waals surface area contributed by atoms with E-state index in [-0.39, 0.29) is 5.69 Å². The van der Waals surface area contributed by atoms with Gasteiger partial charge in [0.05, 0.1) is 16.6 Å². The fourth-order valence-corrected chi connectivity index (χ4v) is 2.35. The van der Waals surface area contributed by atoms with Crippen molar-refractivity contribution in [1.82, 2.24) is 9.78 Å². The predicted molar refractivity (Wildman–Crippen MR) is 87.0 cm³/mol. The number of carbonyl (C=O) groups excluding carboxylic acids is 1. The van der Waals surface area contributed by atoms with Crippen LogP contribution in [0.4, 0.5) is 16.2 Å². The molecule has 0 fully saturated rings. The van der Waals surface area contributed by atoms with Crippen LogP contribution in [-0.2, 0) is 0 Å². The number of nitro groups is 1. The van der Waals surface area contributed by atoms with E-state index in [1.165, 1.54) is 18.3 Å². The summed E-state index contributed by atoms with van der Waals surface area (Å²) in [5, 5.41) is 18.7. The van der Waals surface area contributed by atoms with Gasteiger partial charge in [-0.15, -0.1) is 0 Å². The summed E-state index contributed by atoms with van der Waals surface area (Å²) in [7, 11) is 0. The average molecular weight is 331 g/mol. The summed E-state index contributed by atoms with van der Waals surface area (Å²) in [6, 6.07) is 8.84. The van der Waals surface area contributed by atoms with E-state index in [0.717, 1.165) is 10.2 Å². The molecule has 0 unspecified atom stereocenters. The van der Waals surface area contributed by atoms with Gasteiger partial charge in [0, 0.05) is 28.2 Å². The number of halogens is 1. The van der Waals surface area contributed by atoms with E-state index in [2.05, 4.69) is 10.4 Å². The van der Waals surface area contributed by atoms with Crippen LogP contribution in [0, 0.1) is 17.0 Å². The number of aryl methyl sites for hydroxylation is 1. The molecule has 1 aromatic heterocycles. The van der Waals surface area contributed by atoms with Crippen molar-refractivity contribution >= 4 is 39.9 Å². The number of amides is 1. The maximum atomic E-state index is 12.4. The fraction of sp³-hybridized carbons (Fsp3) is 0.0667. The summed E-state index contributed by atoms with van der Waals surface area (Å²) in [6.45, 7) is 1.83. The zero-order valence-electron chi connectivity index (χ0n) is 12.0. The largest absolute Gasteiger partial charge is 0.347 e. The quantitative estimate of drug-likeness (QED) is 0.568. The number of nitro benzene ring substituents is 1. The smallest absolute Gasteiger partial charge is 0.306 e. The number of aromatic nitrogens is 2. The lowest BCUT2D eigenvalue weighted by Crippen LogP contribution is -2.21. The third-order valence-electron chi connectivity index (χ3n) is 3.40. The Morgan fingerprint density at radius 2 is 2.09 bits per heavy atom. The van der Waals surface area contributed by atoms with Crippen LogP contribution in [0.5, 0.6) is 0 Å². The Bertz CT molecular complexity index is 936. The van der Waals surface area contributed by atoms with Crippen molar-refractivity contribution in [2.45, 2.75) is 6.92 Å². The van der Waals surface area contributed by atoms with Gasteiger partial charge in [0.2, 0.25) is 0 Å². The number of hydrogen-bond donors (Lipinski definition) is 1. The first-order valence-corrected chi connectivity index (χ1v) is 7.03. The second kappa shape index (κ2) is 5.69. The molecule has 1 amide bonds. The summed E-state index contributed by atoms with van der Waals surface area (Å²) in [4.78, 5) is 22.8. The second-order valence-electron chi connectivity index (χ2n) is 4.95. The average Bonchev–Trinajstić information content (AvgIpc) is 2.94. The third kappa shape index (κ3) is 2.86. The second-order valence-corrected chi connectivity index (χ2v) is 5.38. The number of anilines is 1. The van der Waals surface area contributed by atoms with Gasteiger partial charge in [-0.25, -0.2) is 4.79 Å². The lowest BCUT2D eigenvalue weighted by molar-refractivity contribution is -0.384. The van der Waals surface area contributed by atoms with E-state index < -0.39 is 11.0 Å². The zero-order valence-corrected chi connectivity index (χ0v) is 12.7. The Labute approximate surface area is 135 Å². The number of benzene rings is 2. The molecule has 0 atom stereocenters. The molecule has 2 aromatic carbocycles. The van der Waals surface area contributed by atoms with Gasteiger partial charge in [-0.3, -0.25) is 10.1 Å². The first-order valence-electron chi connectivity index (χ1n) is 6.65. The van der Waals surface area contributed by atoms with E-state index in [9.17, 15) is 14.9 Å². The minimum Gasteiger partial charge on any atom is -0.306 e. The number of carbonyl (C=O) groups is 1. The number of rotatable bonds is 2. The summed E-state index contributed by atoms with van der Waals surface area (Å²) >= 11 is 5.93. The van der Waals surface area contributed by atoms with E-state index in [4.69, 9.17) is 11.6 Å². The van der Waals surface area contributed by atoms with Gasteiger partial charge >= 0.3 is 6.03 Å². The number of nitrogens with zero attached hydrogens (tertiary/aromatic N) is 3. The Balaban J connectivity index is 1.99. The van der Waals surface area contributed by atoms with E-state index in [1.54, 1.807) is 24.3 Å². The van der Waals surface area contributed by atoms with Crippen LogP contribution >= 0.6 is 11.6 Å². The summed E-state index contributed by atoms with van der Waals surface area (Å²) < 4.78 is 1.09. The first kappa shape index (κ1) is 15.0. The number of nitrogens with one attached hydrogen (secondary N) is 1. The molecular formula is C15H11ClN4O3. The number of hydrogen-bond acceptors (Lipinski definition) is 4. The van der Waals surface area contributed by atoms with Gasteiger partial charge < -0.3 is 5.32 Å². The normalized spacial score (nSPS) is 10.7. The van der Waals surface area contributed by atoms with Gasteiger partial charge in [0.25, 0.3) is 5.69 Å². The topological polar surface area (TPSA) is 90.1 Å². The van der Waals surface area contributed by atoms with Crippen LogP contribution in [0.15, 0.2) is 42.6 Å². The van der Waals surface area contributed by atoms with Crippen LogP contribution in [0.2, 0.25) is 5.02 Å². The Hall–Kier alpha value is -2.93. The molecule has 0 aliphatic rings. The molecule has 0 aliphatic carbocycles. The van der Waals surface area contributed by atoms with Crippen LogP contribution in [0.1, 0.15) is 5.56 Å². The maximum Gasteiger partial charge on any atom is 0.347 e. The molecular weight excluding hydrogens is 320 g/mol. The highest BCUT2D eigenvalue weighted by Crippen LogP contribution is 2.23.